The SMILES string of the molecule is O=C(O)/C=C/c1cnc(-c2ccncc2)s1. The fourth-order valence-corrected chi connectivity index (χ4v) is 1.97. The van der Waals surface area contributed by atoms with E-state index in [1.807, 2.05) is 12.1 Å². The van der Waals surface area contributed by atoms with Gasteiger partial charge in [0.1, 0.15) is 5.01 Å². The van der Waals surface area contributed by atoms with Gasteiger partial charge in [-0.05, 0) is 18.2 Å². The van der Waals surface area contributed by atoms with E-state index in [-0.39, 0.29) is 0 Å². The molecular weight excluding hydrogens is 224 g/mol. The molecule has 0 fully saturated rings. The number of thiazole rings is 1. The standard InChI is InChI=1S/C11H8N2O2S/c14-10(15)2-1-9-7-13-11(16-9)8-3-5-12-6-4-8/h1-7H,(H,14,15)/b2-1+. The van der Waals surface area contributed by atoms with E-state index in [0.717, 1.165) is 21.5 Å². The predicted molar refractivity (Wildman–Crippen MR) is 62.0 cm³/mol. The van der Waals surface area contributed by atoms with Crippen LogP contribution in [0.4, 0.5) is 0 Å². The molecule has 0 amide bonds. The highest BCUT2D eigenvalue weighted by atomic mass is 32.1. The molecule has 80 valence electrons. The molecule has 0 unspecified atom stereocenters. The molecule has 0 aliphatic heterocycles. The minimum absolute atomic E-state index is 0.814. The normalized spacial score (nSPS) is 10.8. The van der Waals surface area contributed by atoms with Gasteiger partial charge in [-0.15, -0.1) is 11.3 Å². The Kier molecular flexibility index (Phi) is 3.07. The maximum Gasteiger partial charge on any atom is 0.328 e. The van der Waals surface area contributed by atoms with E-state index in [1.165, 1.54) is 17.4 Å². The molecule has 4 nitrogen and oxygen atoms in total. The summed E-state index contributed by atoms with van der Waals surface area (Å²) < 4.78 is 0. The molecule has 0 aliphatic carbocycles. The second kappa shape index (κ2) is 4.67. The molecule has 16 heavy (non-hydrogen) atoms. The Morgan fingerprint density at radius 2 is 2.12 bits per heavy atom. The van der Waals surface area contributed by atoms with Crippen molar-refractivity contribution in [1.29, 1.82) is 0 Å². The molecule has 2 heterocycles. The van der Waals surface area contributed by atoms with Gasteiger partial charge >= 0.3 is 5.97 Å². The molecular formula is C11H8N2O2S. The highest BCUT2D eigenvalue weighted by molar-refractivity contribution is 7.15. The van der Waals surface area contributed by atoms with Crippen LogP contribution < -0.4 is 0 Å². The minimum Gasteiger partial charge on any atom is -0.478 e. The van der Waals surface area contributed by atoms with E-state index in [1.54, 1.807) is 18.6 Å². The van der Waals surface area contributed by atoms with Gasteiger partial charge in [0, 0.05) is 35.1 Å². The zero-order valence-corrected chi connectivity index (χ0v) is 9.02. The first kappa shape index (κ1) is 10.5. The molecule has 5 heteroatoms. The average Bonchev–Trinajstić information content (AvgIpc) is 2.76. The Labute approximate surface area is 95.9 Å². The summed E-state index contributed by atoms with van der Waals surface area (Å²) in [7, 11) is 0. The third kappa shape index (κ3) is 2.52. The lowest BCUT2D eigenvalue weighted by atomic mass is 10.3. The molecule has 0 bridgehead atoms. The van der Waals surface area contributed by atoms with Crippen molar-refractivity contribution in [2.24, 2.45) is 0 Å². The Bertz CT molecular complexity index is 520. The summed E-state index contributed by atoms with van der Waals surface area (Å²) in [6.45, 7) is 0. The number of aromatic nitrogens is 2. The summed E-state index contributed by atoms with van der Waals surface area (Å²) in [5, 5.41) is 9.34. The monoisotopic (exact) mass is 232 g/mol. The highest BCUT2D eigenvalue weighted by Crippen LogP contribution is 2.24. The third-order valence-electron chi connectivity index (χ3n) is 1.84. The van der Waals surface area contributed by atoms with Gasteiger partial charge in [0.05, 0.1) is 0 Å². The topological polar surface area (TPSA) is 63.1 Å². The van der Waals surface area contributed by atoms with E-state index >= 15 is 0 Å². The largest absolute Gasteiger partial charge is 0.478 e. The molecule has 2 aromatic rings. The van der Waals surface area contributed by atoms with Crippen molar-refractivity contribution in [1.82, 2.24) is 9.97 Å². The van der Waals surface area contributed by atoms with Crippen molar-refractivity contribution in [3.05, 3.63) is 41.7 Å². The quantitative estimate of drug-likeness (QED) is 0.825. The molecule has 0 saturated carbocycles. The summed E-state index contributed by atoms with van der Waals surface area (Å²) in [5.41, 5.74) is 0.981. The molecule has 0 spiro atoms. The fraction of sp³-hybridized carbons (Fsp3) is 0. The van der Waals surface area contributed by atoms with E-state index < -0.39 is 5.97 Å². The summed E-state index contributed by atoms with van der Waals surface area (Å²) >= 11 is 1.44. The van der Waals surface area contributed by atoms with Crippen LogP contribution in [0.5, 0.6) is 0 Å². The van der Waals surface area contributed by atoms with Gasteiger partial charge in [-0.25, -0.2) is 9.78 Å². The number of nitrogens with zero attached hydrogens (tertiary/aromatic N) is 2. The summed E-state index contributed by atoms with van der Waals surface area (Å²) in [4.78, 5) is 19.3. The zero-order chi connectivity index (χ0) is 11.4. The molecule has 2 aromatic heterocycles. The molecule has 0 saturated heterocycles. The van der Waals surface area contributed by atoms with Crippen molar-refractivity contribution >= 4 is 23.4 Å². The van der Waals surface area contributed by atoms with Gasteiger partial charge in [-0.3, -0.25) is 4.98 Å². The molecule has 0 aromatic carbocycles. The number of rotatable bonds is 3. The van der Waals surface area contributed by atoms with Crippen molar-refractivity contribution in [3.8, 4) is 10.6 Å². The molecule has 0 atom stereocenters. The van der Waals surface area contributed by atoms with Gasteiger partial charge in [0.15, 0.2) is 0 Å². The number of pyridine rings is 1. The number of hydrogen-bond donors (Lipinski definition) is 1. The first-order chi connectivity index (χ1) is 7.75. The van der Waals surface area contributed by atoms with E-state index in [0.29, 0.717) is 0 Å². The van der Waals surface area contributed by atoms with Crippen molar-refractivity contribution in [2.75, 3.05) is 0 Å². The average molecular weight is 232 g/mol. The summed E-state index contributed by atoms with van der Waals surface area (Å²) in [6.07, 6.45) is 7.68. The lowest BCUT2D eigenvalue weighted by molar-refractivity contribution is -0.131. The van der Waals surface area contributed by atoms with Gasteiger partial charge in [-0.2, -0.15) is 0 Å². The van der Waals surface area contributed by atoms with Crippen LogP contribution in [0.2, 0.25) is 0 Å². The van der Waals surface area contributed by atoms with Gasteiger partial charge in [-0.1, -0.05) is 0 Å². The maximum atomic E-state index is 10.3. The van der Waals surface area contributed by atoms with Crippen LogP contribution in [0.3, 0.4) is 0 Å². The smallest absolute Gasteiger partial charge is 0.328 e. The second-order valence-corrected chi connectivity index (χ2v) is 4.04. The minimum atomic E-state index is -0.959. The summed E-state index contributed by atoms with van der Waals surface area (Å²) in [6, 6.07) is 3.73. The van der Waals surface area contributed by atoms with E-state index in [4.69, 9.17) is 5.11 Å². The van der Waals surface area contributed by atoms with Crippen LogP contribution in [-0.2, 0) is 4.79 Å². The van der Waals surface area contributed by atoms with Crippen LogP contribution in [-0.4, -0.2) is 21.0 Å². The third-order valence-corrected chi connectivity index (χ3v) is 2.85. The second-order valence-electron chi connectivity index (χ2n) is 2.98. The number of aliphatic carboxylic acids is 1. The Hall–Kier alpha value is -2.01. The van der Waals surface area contributed by atoms with Crippen LogP contribution in [0, 0.1) is 0 Å². The van der Waals surface area contributed by atoms with Gasteiger partial charge in [0.25, 0.3) is 0 Å². The van der Waals surface area contributed by atoms with E-state index in [9.17, 15) is 4.79 Å². The van der Waals surface area contributed by atoms with Crippen molar-refractivity contribution in [2.45, 2.75) is 0 Å². The molecule has 0 aliphatic rings. The first-order valence-corrected chi connectivity index (χ1v) is 5.34. The number of carboxylic acids is 1. The summed E-state index contributed by atoms with van der Waals surface area (Å²) in [5.74, 6) is -0.959. The fourth-order valence-electron chi connectivity index (χ4n) is 1.15. The Morgan fingerprint density at radius 3 is 2.81 bits per heavy atom. The maximum absolute atomic E-state index is 10.3. The lowest BCUT2D eigenvalue weighted by Crippen LogP contribution is -1.84. The van der Waals surface area contributed by atoms with Crippen LogP contribution >= 0.6 is 11.3 Å². The highest BCUT2D eigenvalue weighted by Gasteiger charge is 2.02. The molecule has 1 N–H and O–H groups in total. The van der Waals surface area contributed by atoms with Crippen LogP contribution in [0.25, 0.3) is 16.6 Å². The molecule has 0 radical (unpaired) electrons. The first-order valence-electron chi connectivity index (χ1n) is 4.53. The lowest BCUT2D eigenvalue weighted by Gasteiger charge is -1.91. The molecule has 2 rings (SSSR count). The van der Waals surface area contributed by atoms with E-state index in [2.05, 4.69) is 9.97 Å². The number of carboxylic acid groups (broad SMARTS) is 1. The van der Waals surface area contributed by atoms with Gasteiger partial charge in [0.2, 0.25) is 0 Å². The zero-order valence-electron chi connectivity index (χ0n) is 8.20. The van der Waals surface area contributed by atoms with Crippen molar-refractivity contribution in [3.63, 3.8) is 0 Å². The van der Waals surface area contributed by atoms with Crippen LogP contribution in [0.1, 0.15) is 4.88 Å². The predicted octanol–water partition coefficient (Wildman–Crippen LogP) is 2.30. The Balaban J connectivity index is 2.23. The van der Waals surface area contributed by atoms with Crippen molar-refractivity contribution < 1.29 is 9.90 Å². The Morgan fingerprint density at radius 1 is 1.38 bits per heavy atom. The number of carbonyl (C=O) groups is 1. The number of hydrogen-bond acceptors (Lipinski definition) is 4. The van der Waals surface area contributed by atoms with Gasteiger partial charge < -0.3 is 5.11 Å². The van der Waals surface area contributed by atoms with Crippen LogP contribution in [0.15, 0.2) is 36.8 Å².